The lowest BCUT2D eigenvalue weighted by atomic mass is 10.0. The van der Waals surface area contributed by atoms with Gasteiger partial charge in [-0.15, -0.1) is 0 Å². The highest BCUT2D eigenvalue weighted by molar-refractivity contribution is 5.80. The zero-order valence-corrected chi connectivity index (χ0v) is 12.2. The van der Waals surface area contributed by atoms with E-state index in [-0.39, 0.29) is 17.9 Å². The Bertz CT molecular complexity index is 476. The minimum atomic E-state index is -0.0606. The second kappa shape index (κ2) is 6.36. The van der Waals surface area contributed by atoms with E-state index in [1.807, 2.05) is 11.9 Å². The predicted octanol–water partition coefficient (Wildman–Crippen LogP) is -0.640. The number of amides is 1. The number of piperazine rings is 1. The Labute approximate surface area is 124 Å². The molecule has 0 aromatic carbocycles. The Morgan fingerprint density at radius 2 is 1.95 bits per heavy atom. The van der Waals surface area contributed by atoms with E-state index < -0.39 is 0 Å². The number of ether oxygens (including phenoxy) is 1. The monoisotopic (exact) mass is 291 g/mol. The molecule has 1 aromatic rings. The molecule has 7 heteroatoms. The number of hydrogen-bond acceptors (Lipinski definition) is 6. The molecule has 7 nitrogen and oxygen atoms in total. The summed E-state index contributed by atoms with van der Waals surface area (Å²) in [6.45, 7) is 4.10. The number of likely N-dealkylation sites (N-methyl/N-ethyl adjacent to an activating group) is 1. The quantitative estimate of drug-likeness (QED) is 0.799. The van der Waals surface area contributed by atoms with Gasteiger partial charge in [0.15, 0.2) is 0 Å². The van der Waals surface area contributed by atoms with E-state index in [0.717, 1.165) is 19.0 Å². The molecule has 3 heterocycles. The summed E-state index contributed by atoms with van der Waals surface area (Å²) in [5, 5.41) is 3.17. The lowest BCUT2D eigenvalue weighted by Gasteiger charge is -2.36. The van der Waals surface area contributed by atoms with Crippen molar-refractivity contribution in [1.29, 1.82) is 0 Å². The first-order valence-electron chi connectivity index (χ1n) is 7.35. The lowest BCUT2D eigenvalue weighted by molar-refractivity contribution is -0.136. The summed E-state index contributed by atoms with van der Waals surface area (Å²) in [6.07, 6.45) is 3.49. The van der Waals surface area contributed by atoms with Crippen LogP contribution < -0.4 is 10.2 Å². The van der Waals surface area contributed by atoms with Crippen molar-refractivity contribution in [3.05, 3.63) is 18.5 Å². The normalized spacial score (nSPS) is 26.1. The summed E-state index contributed by atoms with van der Waals surface area (Å²) in [7, 11) is 1.88. The van der Waals surface area contributed by atoms with Gasteiger partial charge >= 0.3 is 0 Å². The van der Waals surface area contributed by atoms with Crippen LogP contribution in [0.2, 0.25) is 0 Å². The third kappa shape index (κ3) is 2.98. The molecule has 0 saturated carbocycles. The molecule has 2 aliphatic rings. The van der Waals surface area contributed by atoms with Crippen LogP contribution in [0.5, 0.6) is 0 Å². The van der Waals surface area contributed by atoms with Gasteiger partial charge in [-0.1, -0.05) is 0 Å². The van der Waals surface area contributed by atoms with Crippen LogP contribution in [0, 0.1) is 5.92 Å². The van der Waals surface area contributed by atoms with E-state index in [1.165, 1.54) is 0 Å². The number of rotatable bonds is 3. The average Bonchev–Trinajstić information content (AvgIpc) is 3.04. The fourth-order valence-electron chi connectivity index (χ4n) is 2.90. The van der Waals surface area contributed by atoms with Crippen LogP contribution in [0.1, 0.15) is 0 Å². The molecule has 1 aromatic heterocycles. The number of anilines is 1. The van der Waals surface area contributed by atoms with Crippen LogP contribution in [0.15, 0.2) is 18.5 Å². The van der Waals surface area contributed by atoms with E-state index >= 15 is 0 Å². The minimum absolute atomic E-state index is 0.0606. The molecular weight excluding hydrogens is 270 g/mol. The smallest absolute Gasteiger partial charge is 0.229 e. The molecular formula is C14H21N5O2. The van der Waals surface area contributed by atoms with Gasteiger partial charge in [-0.2, -0.15) is 0 Å². The summed E-state index contributed by atoms with van der Waals surface area (Å²) >= 11 is 0. The molecule has 0 spiro atoms. The molecule has 0 radical (unpaired) electrons. The minimum Gasteiger partial charge on any atom is -0.379 e. The largest absolute Gasteiger partial charge is 0.379 e. The van der Waals surface area contributed by atoms with Gasteiger partial charge in [0.1, 0.15) is 0 Å². The third-order valence-electron chi connectivity index (χ3n) is 4.19. The predicted molar refractivity (Wildman–Crippen MR) is 78.0 cm³/mol. The first-order chi connectivity index (χ1) is 10.3. The summed E-state index contributed by atoms with van der Waals surface area (Å²) in [5.41, 5.74) is 0. The standard InChI is InChI=1S/C14H21N5O2/c1-15-12-10-21-9-11(12)13(20)18-5-7-19(8-6-18)14-16-3-2-4-17-14/h2-4,11-12,15H,5-10H2,1H3. The van der Waals surface area contributed by atoms with Crippen LogP contribution >= 0.6 is 0 Å². The van der Waals surface area contributed by atoms with Gasteiger partial charge in [0.25, 0.3) is 0 Å². The van der Waals surface area contributed by atoms with Crippen molar-refractivity contribution in [2.75, 3.05) is 51.3 Å². The maximum absolute atomic E-state index is 12.6. The van der Waals surface area contributed by atoms with Gasteiger partial charge in [-0.25, -0.2) is 9.97 Å². The number of carbonyl (C=O) groups excluding carboxylic acids is 1. The highest BCUT2D eigenvalue weighted by Crippen LogP contribution is 2.18. The van der Waals surface area contributed by atoms with E-state index in [1.54, 1.807) is 18.5 Å². The van der Waals surface area contributed by atoms with Gasteiger partial charge in [0.05, 0.1) is 19.1 Å². The molecule has 1 N–H and O–H groups in total. The van der Waals surface area contributed by atoms with Crippen LogP contribution in [0.4, 0.5) is 5.95 Å². The van der Waals surface area contributed by atoms with Crippen LogP contribution in [0.25, 0.3) is 0 Å². The SMILES string of the molecule is CNC1COCC1C(=O)N1CCN(c2ncccn2)CC1. The first kappa shape index (κ1) is 14.2. The number of nitrogens with one attached hydrogen (secondary N) is 1. The average molecular weight is 291 g/mol. The molecule has 21 heavy (non-hydrogen) atoms. The maximum atomic E-state index is 12.6. The molecule has 2 atom stereocenters. The Balaban J connectivity index is 1.57. The fraction of sp³-hybridized carbons (Fsp3) is 0.643. The van der Waals surface area contributed by atoms with Crippen molar-refractivity contribution < 1.29 is 9.53 Å². The second-order valence-corrected chi connectivity index (χ2v) is 5.40. The summed E-state index contributed by atoms with van der Waals surface area (Å²) in [4.78, 5) is 25.1. The van der Waals surface area contributed by atoms with Crippen molar-refractivity contribution in [3.8, 4) is 0 Å². The number of aromatic nitrogens is 2. The maximum Gasteiger partial charge on any atom is 0.229 e. The highest BCUT2D eigenvalue weighted by atomic mass is 16.5. The summed E-state index contributed by atoms with van der Waals surface area (Å²) < 4.78 is 5.42. The Hall–Kier alpha value is -1.73. The molecule has 1 amide bonds. The van der Waals surface area contributed by atoms with Crippen LogP contribution in [-0.2, 0) is 9.53 Å². The zero-order chi connectivity index (χ0) is 14.7. The Morgan fingerprint density at radius 3 is 2.62 bits per heavy atom. The summed E-state index contributed by atoms with van der Waals surface area (Å²) in [5.74, 6) is 0.872. The van der Waals surface area contributed by atoms with Crippen LogP contribution in [0.3, 0.4) is 0 Å². The zero-order valence-electron chi connectivity index (χ0n) is 12.2. The van der Waals surface area contributed by atoms with Crippen molar-refractivity contribution >= 4 is 11.9 Å². The molecule has 114 valence electrons. The van der Waals surface area contributed by atoms with Crippen molar-refractivity contribution in [1.82, 2.24) is 20.2 Å². The molecule has 2 fully saturated rings. The number of nitrogens with zero attached hydrogens (tertiary/aromatic N) is 4. The van der Waals surface area contributed by atoms with Gasteiger partial charge in [-0.05, 0) is 13.1 Å². The first-order valence-corrected chi connectivity index (χ1v) is 7.35. The van der Waals surface area contributed by atoms with Gasteiger partial charge < -0.3 is 19.9 Å². The summed E-state index contributed by atoms with van der Waals surface area (Å²) in [6, 6.07) is 1.94. The molecule has 2 unspecified atom stereocenters. The third-order valence-corrected chi connectivity index (χ3v) is 4.19. The Morgan fingerprint density at radius 1 is 1.24 bits per heavy atom. The highest BCUT2D eigenvalue weighted by Gasteiger charge is 2.36. The fourth-order valence-corrected chi connectivity index (χ4v) is 2.90. The van der Waals surface area contributed by atoms with Gasteiger partial charge in [0, 0.05) is 44.6 Å². The second-order valence-electron chi connectivity index (χ2n) is 5.40. The molecule has 0 bridgehead atoms. The van der Waals surface area contributed by atoms with Crippen molar-refractivity contribution in [2.45, 2.75) is 6.04 Å². The van der Waals surface area contributed by atoms with E-state index in [4.69, 9.17) is 4.74 Å². The van der Waals surface area contributed by atoms with E-state index in [2.05, 4.69) is 20.2 Å². The van der Waals surface area contributed by atoms with Gasteiger partial charge in [0.2, 0.25) is 11.9 Å². The molecule has 2 aliphatic heterocycles. The number of hydrogen-bond donors (Lipinski definition) is 1. The van der Waals surface area contributed by atoms with E-state index in [0.29, 0.717) is 26.3 Å². The van der Waals surface area contributed by atoms with E-state index in [9.17, 15) is 4.79 Å². The lowest BCUT2D eigenvalue weighted by Crippen LogP contribution is -2.53. The van der Waals surface area contributed by atoms with Crippen molar-refractivity contribution in [2.24, 2.45) is 5.92 Å². The molecule has 3 rings (SSSR count). The topological polar surface area (TPSA) is 70.6 Å². The van der Waals surface area contributed by atoms with Crippen molar-refractivity contribution in [3.63, 3.8) is 0 Å². The molecule has 0 aliphatic carbocycles. The van der Waals surface area contributed by atoms with Gasteiger partial charge in [-0.3, -0.25) is 4.79 Å². The van der Waals surface area contributed by atoms with Crippen LogP contribution in [-0.4, -0.2) is 73.3 Å². The molecule has 2 saturated heterocycles. The number of carbonyl (C=O) groups is 1. The Kier molecular flexibility index (Phi) is 4.31.